The van der Waals surface area contributed by atoms with Crippen LogP contribution in [0.4, 0.5) is 13.2 Å². The quantitative estimate of drug-likeness (QED) is 0.533. The van der Waals surface area contributed by atoms with Gasteiger partial charge in [-0.2, -0.15) is 13.2 Å². The number of hydrogen-bond donors (Lipinski definition) is 0. The van der Waals surface area contributed by atoms with Gasteiger partial charge in [-0.3, -0.25) is 0 Å². The number of carbonyl (C=O) groups is 1. The van der Waals surface area contributed by atoms with Gasteiger partial charge in [-0.15, -0.1) is 0 Å². The third-order valence-electron chi connectivity index (χ3n) is 0.231. The molecule has 0 N–H and O–H groups in total. The maximum absolute atomic E-state index is 10.5. The summed E-state index contributed by atoms with van der Waals surface area (Å²) in [5.74, 6) is -3.01. The molecule has 0 aromatic rings. The average molecular weight is 320 g/mol. The third-order valence-corrected chi connectivity index (χ3v) is 0.231. The van der Waals surface area contributed by atoms with E-state index in [1.807, 2.05) is 0 Å². The predicted molar refractivity (Wildman–Crippen MR) is 16.8 cm³/mol. The Morgan fingerprint density at radius 2 is 1.50 bits per heavy atom. The van der Waals surface area contributed by atoms with Gasteiger partial charge in [-0.05, 0) is 0 Å². The van der Waals surface area contributed by atoms with Crippen molar-refractivity contribution < 1.29 is 23.1 Å². The van der Waals surface area contributed by atoms with Crippen molar-refractivity contribution in [3.05, 3.63) is 0 Å². The molecule has 0 atom stereocenters. The Hall–Kier alpha value is 0.182. The summed E-state index contributed by atoms with van der Waals surface area (Å²) < 4.78 is 31.5. The van der Waals surface area contributed by atoms with Crippen molar-refractivity contribution in [2.75, 3.05) is 0 Å². The number of alkyl halides is 3. The van der Waals surface area contributed by atoms with E-state index in [4.69, 9.17) is 9.90 Å². The number of carbonyl (C=O) groups excluding carboxylic acids is 1. The van der Waals surface area contributed by atoms with Crippen LogP contribution < -0.4 is 5.11 Å². The van der Waals surface area contributed by atoms with Crippen molar-refractivity contribution in [2.24, 2.45) is 0 Å². The van der Waals surface area contributed by atoms with Crippen molar-refractivity contribution in [1.29, 1.82) is 0 Å². The Bertz CT molecular complexity index is 87.8. The van der Waals surface area contributed by atoms with Crippen molar-refractivity contribution in [2.45, 2.75) is 6.18 Å². The van der Waals surface area contributed by atoms with Gasteiger partial charge in [-0.25, -0.2) is 0 Å². The van der Waals surface area contributed by atoms with Crippen LogP contribution in [-0.4, -0.2) is 39.4 Å². The van der Waals surface area contributed by atoms with E-state index in [0.717, 1.165) is 0 Å². The first-order valence-electron chi connectivity index (χ1n) is 1.23. The second kappa shape index (κ2) is 3.26. The minimum atomic E-state index is -5.19. The first-order chi connectivity index (χ1) is 2.94. The Balaban J connectivity index is 0. The van der Waals surface area contributed by atoms with Gasteiger partial charge in [0, 0.05) is 0 Å². The molecule has 0 saturated carbocycles. The van der Waals surface area contributed by atoms with Gasteiger partial charge < -0.3 is 9.90 Å². The maximum Gasteiger partial charge on any atom is 2.00 e. The summed E-state index contributed by atoms with van der Waals surface area (Å²) in [5.41, 5.74) is 0. The van der Waals surface area contributed by atoms with Gasteiger partial charge in [0.15, 0.2) is 0 Å². The van der Waals surface area contributed by atoms with Crippen LogP contribution in [0.3, 0.4) is 0 Å². The number of halogens is 3. The molecule has 0 saturated heterocycles. The zero-order valence-corrected chi connectivity index (χ0v) is 7.34. The molecular weight excluding hydrogens is 320 g/mol. The molecule has 0 aliphatic carbocycles. The van der Waals surface area contributed by atoms with E-state index in [-0.39, 0.29) is 27.3 Å². The molecule has 0 spiro atoms. The Kier molecular flexibility index (Phi) is 4.49. The molecule has 0 amide bonds. The molecule has 2 nitrogen and oxygen atoms in total. The molecule has 0 heterocycles. The average Bonchev–Trinajstić information content (AvgIpc) is 1.31. The number of aliphatic carboxylic acids is 1. The van der Waals surface area contributed by atoms with Crippen molar-refractivity contribution in [3.8, 4) is 0 Å². The van der Waals surface area contributed by atoms with Crippen LogP contribution in [0.1, 0.15) is 0 Å². The maximum atomic E-state index is 10.5. The fraction of sp³-hybridized carbons (Fsp3) is 0.500. The number of carboxylic acid groups (broad SMARTS) is 1. The van der Waals surface area contributed by atoms with Crippen LogP contribution in [0.2, 0.25) is 0 Å². The van der Waals surface area contributed by atoms with Gasteiger partial charge in [0.25, 0.3) is 0 Å². The SMILES string of the molecule is O=C([O-])C(F)(F)F.[Pb+2]. The topological polar surface area (TPSA) is 40.1 Å². The molecule has 0 aliphatic heterocycles. The molecule has 2 radical (unpaired) electrons. The van der Waals surface area contributed by atoms with E-state index < -0.39 is 12.1 Å². The minimum absolute atomic E-state index is 0. The van der Waals surface area contributed by atoms with Gasteiger partial charge in [0.2, 0.25) is 0 Å². The second-order valence-electron chi connectivity index (χ2n) is 0.785. The molecule has 44 valence electrons. The van der Waals surface area contributed by atoms with Crippen LogP contribution in [0.15, 0.2) is 0 Å². The normalized spacial score (nSPS) is 9.88. The summed E-state index contributed by atoms with van der Waals surface area (Å²) in [4.78, 5) is 8.78. The van der Waals surface area contributed by atoms with Gasteiger partial charge in [-0.1, -0.05) is 0 Å². The largest absolute Gasteiger partial charge is 2.00 e. The Labute approximate surface area is 62.8 Å². The second-order valence-corrected chi connectivity index (χ2v) is 0.785. The molecule has 6 heteroatoms. The predicted octanol–water partition coefficient (Wildman–Crippen LogP) is -1.08. The van der Waals surface area contributed by atoms with Crippen LogP contribution in [0.5, 0.6) is 0 Å². The molecule has 0 bridgehead atoms. The van der Waals surface area contributed by atoms with Crippen LogP contribution in [0, 0.1) is 0 Å². The van der Waals surface area contributed by atoms with E-state index in [9.17, 15) is 13.2 Å². The summed E-state index contributed by atoms with van der Waals surface area (Å²) in [5, 5.41) is 8.78. The first-order valence-corrected chi connectivity index (χ1v) is 1.23. The minimum Gasteiger partial charge on any atom is -0.542 e. The molecule has 0 fully saturated rings. The Morgan fingerprint density at radius 3 is 1.50 bits per heavy atom. The summed E-state index contributed by atoms with van der Waals surface area (Å²) >= 11 is 0. The van der Waals surface area contributed by atoms with Gasteiger partial charge in [0.05, 0.1) is 0 Å². The standard InChI is InChI=1S/C2HF3O2.Pb/c3-2(4,5)1(6)7;/h(H,6,7);/q;+2/p-1. The third kappa shape index (κ3) is 4.34. The molecule has 0 aromatic carbocycles. The van der Waals surface area contributed by atoms with E-state index in [0.29, 0.717) is 0 Å². The zero-order chi connectivity index (χ0) is 6.08. The summed E-state index contributed by atoms with van der Waals surface area (Å²) in [6.45, 7) is 0. The fourth-order valence-corrected chi connectivity index (χ4v) is 0. The monoisotopic (exact) mass is 321 g/mol. The number of hydrogen-bond acceptors (Lipinski definition) is 2. The van der Waals surface area contributed by atoms with E-state index in [2.05, 4.69) is 0 Å². The molecule has 8 heavy (non-hydrogen) atoms. The summed E-state index contributed by atoms with van der Waals surface area (Å²) in [6.07, 6.45) is -5.19. The van der Waals surface area contributed by atoms with Crippen LogP contribution in [-0.2, 0) is 4.79 Å². The first kappa shape index (κ1) is 11.0. The summed E-state index contributed by atoms with van der Waals surface area (Å²) in [7, 11) is 0. The summed E-state index contributed by atoms with van der Waals surface area (Å²) in [6, 6.07) is 0. The number of rotatable bonds is 0. The van der Waals surface area contributed by atoms with E-state index in [1.165, 1.54) is 0 Å². The Morgan fingerprint density at radius 1 is 1.38 bits per heavy atom. The molecule has 0 unspecified atom stereocenters. The van der Waals surface area contributed by atoms with Crippen molar-refractivity contribution in [3.63, 3.8) is 0 Å². The van der Waals surface area contributed by atoms with Crippen LogP contribution in [0.25, 0.3) is 0 Å². The molecule has 0 aromatic heterocycles. The smallest absolute Gasteiger partial charge is 0.542 e. The fourth-order valence-electron chi connectivity index (χ4n) is 0. The molecule has 0 aliphatic rings. The molecule has 0 rings (SSSR count). The molecular formula is C2F3O2Pb+. The van der Waals surface area contributed by atoms with Gasteiger partial charge in [0.1, 0.15) is 5.97 Å². The van der Waals surface area contributed by atoms with Crippen molar-refractivity contribution in [1.82, 2.24) is 0 Å². The van der Waals surface area contributed by atoms with E-state index in [1.54, 1.807) is 0 Å². The van der Waals surface area contributed by atoms with Crippen LogP contribution >= 0.6 is 0 Å². The van der Waals surface area contributed by atoms with Crippen molar-refractivity contribution >= 4 is 33.3 Å². The van der Waals surface area contributed by atoms with E-state index >= 15 is 0 Å². The zero-order valence-electron chi connectivity index (χ0n) is 3.45. The van der Waals surface area contributed by atoms with Gasteiger partial charge >= 0.3 is 33.5 Å². The number of carboxylic acids is 1.